The van der Waals surface area contributed by atoms with Gasteiger partial charge in [0, 0.05) is 43.0 Å². The highest BCUT2D eigenvalue weighted by Gasteiger charge is 2.45. The molecule has 0 spiro atoms. The highest BCUT2D eigenvalue weighted by Crippen LogP contribution is 2.31. The van der Waals surface area contributed by atoms with E-state index in [-0.39, 0.29) is 49.7 Å². The van der Waals surface area contributed by atoms with Crippen molar-refractivity contribution in [2.45, 2.75) is 41.6 Å². The summed E-state index contributed by atoms with van der Waals surface area (Å²) in [6.07, 6.45) is -4.64. The van der Waals surface area contributed by atoms with Crippen molar-refractivity contribution in [2.75, 3.05) is 31.9 Å². The Bertz CT molecular complexity index is 1030. The Balaban J connectivity index is 1.48. The Morgan fingerprint density at radius 3 is 2.51 bits per heavy atom. The molecule has 1 aromatic rings. The van der Waals surface area contributed by atoms with E-state index < -0.39 is 39.8 Å². The summed E-state index contributed by atoms with van der Waals surface area (Å²) in [7, 11) is -3.72. The number of esters is 1. The number of carbonyl (C=O) groups is 1. The zero-order valence-electron chi connectivity index (χ0n) is 18.1. The summed E-state index contributed by atoms with van der Waals surface area (Å²) in [6.45, 7) is 0.213. The summed E-state index contributed by atoms with van der Waals surface area (Å²) in [5.41, 5.74) is 1.30. The van der Waals surface area contributed by atoms with Gasteiger partial charge in [-0.1, -0.05) is 23.4 Å². The quantitative estimate of drug-likeness (QED) is 0.375. The monoisotopic (exact) mass is 556 g/mol. The van der Waals surface area contributed by atoms with Crippen molar-refractivity contribution in [3.05, 3.63) is 34.5 Å². The largest absolute Gasteiger partial charge is 0.771 e. The van der Waals surface area contributed by atoms with Crippen molar-refractivity contribution in [1.82, 2.24) is 19.8 Å². The minimum atomic E-state index is -5.16. The molecule has 194 valence electrons. The van der Waals surface area contributed by atoms with Crippen LogP contribution in [-0.4, -0.2) is 84.5 Å². The molecule has 2 fully saturated rings. The molecule has 1 N–H and O–H groups in total. The Labute approximate surface area is 209 Å². The van der Waals surface area contributed by atoms with Crippen molar-refractivity contribution in [3.63, 3.8) is 0 Å². The summed E-state index contributed by atoms with van der Waals surface area (Å²) in [5.74, 6) is -2.20. The molecule has 0 saturated carbocycles. The Kier molecular flexibility index (Phi) is 9.27. The molecular formula is C19H22ClF3N5O5S2-. The maximum Gasteiger partial charge on any atom is 0.491 e. The van der Waals surface area contributed by atoms with Gasteiger partial charge in [0.15, 0.2) is 0 Å². The maximum absolute atomic E-state index is 12.8. The first kappa shape index (κ1) is 27.9. The standard InChI is InChI=1S/C19H22ClF3N5O5S2/c20-13-1-3-16(4-2-13)35(31,32)26-8-5-14(6-9-26)28(30)25-7-10-27-15(11-24)12-34-18(27)33-17(29)19(21,22)23/h1-4,14-15,18,25H,5-10,12H2/q-1. The van der Waals surface area contributed by atoms with E-state index in [1.165, 1.54) is 33.5 Å². The number of thioether (sulfide) groups is 1. The Morgan fingerprint density at radius 2 is 1.94 bits per heavy atom. The first-order valence-corrected chi connectivity index (χ1v) is 13.3. The predicted molar refractivity (Wildman–Crippen MR) is 121 cm³/mol. The highest BCUT2D eigenvalue weighted by atomic mass is 35.5. The number of sulfonamides is 1. The molecule has 35 heavy (non-hydrogen) atoms. The Morgan fingerprint density at radius 1 is 1.31 bits per heavy atom. The molecule has 0 aliphatic carbocycles. The van der Waals surface area contributed by atoms with Gasteiger partial charge in [-0.15, -0.1) is 0 Å². The van der Waals surface area contributed by atoms with E-state index in [0.717, 1.165) is 11.8 Å². The molecule has 2 heterocycles. The van der Waals surface area contributed by atoms with Gasteiger partial charge in [-0.3, -0.25) is 5.43 Å². The lowest BCUT2D eigenvalue weighted by Crippen LogP contribution is -2.51. The molecule has 0 radical (unpaired) electrons. The number of alkyl halides is 3. The maximum atomic E-state index is 12.8. The summed E-state index contributed by atoms with van der Waals surface area (Å²) in [6, 6.07) is 6.42. The number of hydrazine groups is 1. The van der Waals surface area contributed by atoms with Crippen LogP contribution in [0.2, 0.25) is 5.02 Å². The van der Waals surface area contributed by atoms with E-state index in [1.807, 2.05) is 6.07 Å². The van der Waals surface area contributed by atoms with Gasteiger partial charge in [0.05, 0.1) is 11.0 Å². The first-order valence-electron chi connectivity index (χ1n) is 10.4. The lowest BCUT2D eigenvalue weighted by Gasteiger charge is -2.42. The number of hydroxylamine groups is 1. The van der Waals surface area contributed by atoms with Gasteiger partial charge in [-0.2, -0.15) is 22.7 Å². The van der Waals surface area contributed by atoms with E-state index in [2.05, 4.69) is 10.2 Å². The number of nitriles is 1. The van der Waals surface area contributed by atoms with Gasteiger partial charge in [0.2, 0.25) is 15.6 Å². The highest BCUT2D eigenvalue weighted by molar-refractivity contribution is 8.00. The molecule has 2 saturated heterocycles. The van der Waals surface area contributed by atoms with Crippen LogP contribution in [0.25, 0.3) is 0 Å². The molecular weight excluding hydrogens is 535 g/mol. The fourth-order valence-corrected chi connectivity index (χ4v) is 6.44. The summed E-state index contributed by atoms with van der Waals surface area (Å²) in [4.78, 5) is 12.5. The van der Waals surface area contributed by atoms with Gasteiger partial charge in [-0.25, -0.2) is 18.1 Å². The zero-order valence-corrected chi connectivity index (χ0v) is 20.5. The number of hydrogen-bond acceptors (Lipinski definition) is 10. The van der Waals surface area contributed by atoms with Crippen LogP contribution in [0, 0.1) is 16.5 Å². The van der Waals surface area contributed by atoms with Gasteiger partial charge in [0.25, 0.3) is 0 Å². The fourth-order valence-electron chi connectivity index (χ4n) is 3.64. The van der Waals surface area contributed by atoms with Crippen LogP contribution in [-0.2, 0) is 19.6 Å². The second-order valence-electron chi connectivity index (χ2n) is 7.75. The number of piperidine rings is 1. The second-order valence-corrected chi connectivity index (χ2v) is 11.2. The van der Waals surface area contributed by atoms with Crippen LogP contribution in [0.5, 0.6) is 0 Å². The number of nitrogens with one attached hydrogen (secondary N) is 1. The van der Waals surface area contributed by atoms with Gasteiger partial charge >= 0.3 is 12.1 Å². The van der Waals surface area contributed by atoms with Crippen molar-refractivity contribution < 1.29 is 31.1 Å². The topological polar surface area (TPSA) is 129 Å². The van der Waals surface area contributed by atoms with Gasteiger partial charge < -0.3 is 15.1 Å². The molecule has 3 rings (SSSR count). The smallest absolute Gasteiger partial charge is 0.491 e. The molecule has 2 atom stereocenters. The van der Waals surface area contributed by atoms with Crippen molar-refractivity contribution in [3.8, 4) is 6.07 Å². The number of carbonyl (C=O) groups excluding carboxylic acids is 1. The summed E-state index contributed by atoms with van der Waals surface area (Å²) < 4.78 is 68.8. The predicted octanol–water partition coefficient (Wildman–Crippen LogP) is 2.13. The third-order valence-corrected chi connectivity index (χ3v) is 8.83. The molecule has 2 aliphatic heterocycles. The van der Waals surface area contributed by atoms with Gasteiger partial charge in [0.1, 0.15) is 6.04 Å². The van der Waals surface area contributed by atoms with Crippen LogP contribution in [0.4, 0.5) is 13.2 Å². The van der Waals surface area contributed by atoms with Crippen molar-refractivity contribution in [2.24, 2.45) is 0 Å². The molecule has 0 aromatic heterocycles. The van der Waals surface area contributed by atoms with Crippen LogP contribution < -0.4 is 5.43 Å². The minimum Gasteiger partial charge on any atom is -0.771 e. The van der Waals surface area contributed by atoms with E-state index >= 15 is 0 Å². The van der Waals surface area contributed by atoms with Crippen molar-refractivity contribution in [1.29, 1.82) is 5.26 Å². The van der Waals surface area contributed by atoms with Gasteiger partial charge in [-0.05, 0) is 37.1 Å². The third-order valence-electron chi connectivity index (χ3n) is 5.50. The van der Waals surface area contributed by atoms with Crippen LogP contribution in [0.3, 0.4) is 0 Å². The second kappa shape index (κ2) is 11.6. The van der Waals surface area contributed by atoms with E-state index in [4.69, 9.17) is 11.6 Å². The number of ether oxygens (including phenoxy) is 1. The van der Waals surface area contributed by atoms with E-state index in [0.29, 0.717) is 10.2 Å². The average molecular weight is 557 g/mol. The van der Waals surface area contributed by atoms with E-state index in [9.17, 15) is 36.9 Å². The molecule has 10 nitrogen and oxygen atoms in total. The lowest BCUT2D eigenvalue weighted by atomic mass is 10.1. The third kappa shape index (κ3) is 6.98. The molecule has 1 aromatic carbocycles. The van der Waals surface area contributed by atoms with Crippen LogP contribution >= 0.6 is 23.4 Å². The molecule has 2 aliphatic rings. The minimum absolute atomic E-state index is 0.0222. The molecule has 0 bridgehead atoms. The molecule has 16 heteroatoms. The SMILES string of the molecule is N#CC1CSC(OC(=O)C(F)(F)F)N1CCNN([O-])C1CCN(S(=O)(=O)c2ccc(Cl)cc2)CC1. The fraction of sp³-hybridized carbons (Fsp3) is 0.579. The normalized spacial score (nSPS) is 22.9. The Hall–Kier alpha value is -1.64. The average Bonchev–Trinajstić information content (AvgIpc) is 3.20. The first-order chi connectivity index (χ1) is 16.4. The molecule has 2 unspecified atom stereocenters. The zero-order chi connectivity index (χ0) is 25.8. The lowest BCUT2D eigenvalue weighted by molar-refractivity contribution is -0.206. The van der Waals surface area contributed by atoms with Crippen LogP contribution in [0.15, 0.2) is 29.2 Å². The number of benzene rings is 1. The molecule has 0 amide bonds. The number of nitrogens with zero attached hydrogens (tertiary/aromatic N) is 4. The summed E-state index contributed by atoms with van der Waals surface area (Å²) >= 11 is 6.69. The van der Waals surface area contributed by atoms with Crippen molar-refractivity contribution >= 4 is 39.4 Å². The number of halogens is 4. The number of rotatable bonds is 8. The summed E-state index contributed by atoms with van der Waals surface area (Å²) in [5, 5.41) is 22.7. The van der Waals surface area contributed by atoms with E-state index in [1.54, 1.807) is 0 Å². The van der Waals surface area contributed by atoms with Crippen LogP contribution in [0.1, 0.15) is 12.8 Å². The number of hydrogen-bond donors (Lipinski definition) is 1.